The van der Waals surface area contributed by atoms with Gasteiger partial charge in [-0.05, 0) is 32.0 Å². The van der Waals surface area contributed by atoms with Crippen LogP contribution in [0.3, 0.4) is 0 Å². The fourth-order valence-electron chi connectivity index (χ4n) is 2.23. The Bertz CT molecular complexity index is 644. The van der Waals surface area contributed by atoms with E-state index >= 15 is 0 Å². The fourth-order valence-corrected chi connectivity index (χ4v) is 3.01. The van der Waals surface area contributed by atoms with Gasteiger partial charge in [-0.25, -0.2) is 8.42 Å². The molecule has 124 valence electrons. The van der Waals surface area contributed by atoms with E-state index in [0.29, 0.717) is 24.4 Å². The molecule has 0 fully saturated rings. The third-order valence-electron chi connectivity index (χ3n) is 3.40. The van der Waals surface area contributed by atoms with Crippen LogP contribution in [0.1, 0.15) is 31.5 Å². The molecule has 1 rings (SSSR count). The molecule has 0 bridgehead atoms. The van der Waals surface area contributed by atoms with Gasteiger partial charge in [0.2, 0.25) is 0 Å². The molecular formula is C15H26N4O2S. The SMILES string of the molecule is C/C=C(\C=C(/CC)c1[nH]ncc1CN(C)CCN)S(C)(=O)=O. The summed E-state index contributed by atoms with van der Waals surface area (Å²) in [5.41, 5.74) is 8.41. The average molecular weight is 326 g/mol. The first-order valence-corrected chi connectivity index (χ1v) is 9.20. The predicted octanol–water partition coefficient (Wildman–Crippen LogP) is 1.54. The summed E-state index contributed by atoms with van der Waals surface area (Å²) in [5, 5.41) is 7.09. The molecule has 0 aromatic carbocycles. The zero-order valence-electron chi connectivity index (χ0n) is 13.8. The highest BCUT2D eigenvalue weighted by Gasteiger charge is 2.14. The molecule has 0 saturated carbocycles. The Morgan fingerprint density at radius 3 is 2.68 bits per heavy atom. The number of H-pyrrole nitrogens is 1. The molecule has 0 amide bonds. The van der Waals surface area contributed by atoms with E-state index in [-0.39, 0.29) is 0 Å². The third-order valence-corrected chi connectivity index (χ3v) is 4.61. The summed E-state index contributed by atoms with van der Waals surface area (Å²) in [6, 6.07) is 0. The second kappa shape index (κ2) is 8.26. The molecule has 7 heteroatoms. The van der Waals surface area contributed by atoms with Crippen molar-refractivity contribution in [3.05, 3.63) is 34.5 Å². The second-order valence-corrected chi connectivity index (χ2v) is 7.30. The standard InChI is InChI=1S/C15H26N4O2S/c1-5-12(9-14(6-2)22(4,20)21)15-13(10-17-18-15)11-19(3)8-7-16/h6,9-10H,5,7-8,11,16H2,1-4H3,(H,17,18)/b12-9+,14-6+. The van der Waals surface area contributed by atoms with Crippen molar-refractivity contribution in [1.29, 1.82) is 0 Å². The van der Waals surface area contributed by atoms with E-state index in [4.69, 9.17) is 5.73 Å². The molecule has 0 radical (unpaired) electrons. The third kappa shape index (κ3) is 5.08. The molecule has 0 atom stereocenters. The van der Waals surface area contributed by atoms with Crippen LogP contribution in [0.4, 0.5) is 0 Å². The van der Waals surface area contributed by atoms with Gasteiger partial charge in [-0.2, -0.15) is 5.10 Å². The maximum atomic E-state index is 11.8. The van der Waals surface area contributed by atoms with Crippen LogP contribution in [-0.4, -0.2) is 49.9 Å². The van der Waals surface area contributed by atoms with E-state index in [0.717, 1.165) is 23.4 Å². The van der Waals surface area contributed by atoms with Crippen LogP contribution < -0.4 is 5.73 Å². The molecule has 0 aliphatic heterocycles. The first kappa shape index (κ1) is 18.6. The smallest absolute Gasteiger partial charge is 0.175 e. The summed E-state index contributed by atoms with van der Waals surface area (Å²) < 4.78 is 23.5. The molecule has 0 spiro atoms. The first-order chi connectivity index (χ1) is 10.3. The molecule has 3 N–H and O–H groups in total. The Labute approximate surface area is 133 Å². The average Bonchev–Trinajstić information content (AvgIpc) is 2.87. The van der Waals surface area contributed by atoms with E-state index in [9.17, 15) is 8.42 Å². The molecular weight excluding hydrogens is 300 g/mol. The number of nitrogens with zero attached hydrogens (tertiary/aromatic N) is 2. The minimum Gasteiger partial charge on any atom is -0.329 e. The Morgan fingerprint density at radius 2 is 2.18 bits per heavy atom. The van der Waals surface area contributed by atoms with Gasteiger partial charge in [0.05, 0.1) is 16.8 Å². The minimum atomic E-state index is -3.23. The first-order valence-electron chi connectivity index (χ1n) is 7.31. The summed E-state index contributed by atoms with van der Waals surface area (Å²) in [6.07, 6.45) is 7.04. The van der Waals surface area contributed by atoms with Crippen molar-refractivity contribution < 1.29 is 8.42 Å². The molecule has 1 heterocycles. The highest BCUT2D eigenvalue weighted by Crippen LogP contribution is 2.24. The van der Waals surface area contributed by atoms with Gasteiger partial charge in [0.15, 0.2) is 9.84 Å². The number of nitrogens with two attached hydrogens (primary N) is 1. The zero-order chi connectivity index (χ0) is 16.8. The Hall–Kier alpha value is -1.44. The number of hydrogen-bond donors (Lipinski definition) is 2. The molecule has 1 aromatic rings. The molecule has 0 unspecified atom stereocenters. The van der Waals surface area contributed by atoms with Crippen LogP contribution in [-0.2, 0) is 16.4 Å². The minimum absolute atomic E-state index is 0.320. The summed E-state index contributed by atoms with van der Waals surface area (Å²) >= 11 is 0. The van der Waals surface area contributed by atoms with Crippen molar-refractivity contribution in [2.45, 2.75) is 26.8 Å². The predicted molar refractivity (Wildman–Crippen MR) is 90.8 cm³/mol. The number of rotatable bonds is 8. The summed E-state index contributed by atoms with van der Waals surface area (Å²) in [5.74, 6) is 0. The van der Waals surface area contributed by atoms with Crippen molar-refractivity contribution in [3.8, 4) is 0 Å². The Kier molecular flexibility index (Phi) is 6.99. The molecule has 6 nitrogen and oxygen atoms in total. The van der Waals surface area contributed by atoms with E-state index < -0.39 is 9.84 Å². The van der Waals surface area contributed by atoms with Crippen LogP contribution in [0.25, 0.3) is 5.57 Å². The highest BCUT2D eigenvalue weighted by atomic mass is 32.2. The van der Waals surface area contributed by atoms with E-state index in [1.807, 2.05) is 14.0 Å². The fraction of sp³-hybridized carbons (Fsp3) is 0.533. The largest absolute Gasteiger partial charge is 0.329 e. The summed E-state index contributed by atoms with van der Waals surface area (Å²) in [6.45, 7) is 5.82. The van der Waals surface area contributed by atoms with E-state index in [2.05, 4.69) is 15.1 Å². The molecule has 0 saturated heterocycles. The number of hydrogen-bond acceptors (Lipinski definition) is 5. The van der Waals surface area contributed by atoms with Crippen molar-refractivity contribution in [2.24, 2.45) is 5.73 Å². The van der Waals surface area contributed by atoms with Crippen LogP contribution >= 0.6 is 0 Å². The molecule has 1 aromatic heterocycles. The number of aromatic amines is 1. The number of aromatic nitrogens is 2. The molecule has 22 heavy (non-hydrogen) atoms. The van der Waals surface area contributed by atoms with Gasteiger partial charge in [-0.3, -0.25) is 5.10 Å². The number of likely N-dealkylation sites (N-methyl/N-ethyl adjacent to an activating group) is 1. The molecule has 0 aliphatic rings. The van der Waals surface area contributed by atoms with Gasteiger partial charge in [0.1, 0.15) is 0 Å². The van der Waals surface area contributed by atoms with Crippen LogP contribution in [0, 0.1) is 0 Å². The van der Waals surface area contributed by atoms with Crippen molar-refractivity contribution >= 4 is 15.4 Å². The van der Waals surface area contributed by atoms with Gasteiger partial charge in [-0.1, -0.05) is 13.0 Å². The zero-order valence-corrected chi connectivity index (χ0v) is 14.6. The van der Waals surface area contributed by atoms with Gasteiger partial charge >= 0.3 is 0 Å². The lowest BCUT2D eigenvalue weighted by Crippen LogP contribution is -2.25. The quantitative estimate of drug-likeness (QED) is 0.707. The maximum absolute atomic E-state index is 11.8. The number of allylic oxidation sites excluding steroid dienone is 3. The number of nitrogens with one attached hydrogen (secondary N) is 1. The van der Waals surface area contributed by atoms with Crippen LogP contribution in [0.2, 0.25) is 0 Å². The summed E-state index contributed by atoms with van der Waals surface area (Å²) in [4.78, 5) is 2.43. The normalized spacial score (nSPS) is 13.9. The van der Waals surface area contributed by atoms with Gasteiger partial charge in [0, 0.05) is 31.5 Å². The van der Waals surface area contributed by atoms with Crippen LogP contribution in [0.5, 0.6) is 0 Å². The highest BCUT2D eigenvalue weighted by molar-refractivity contribution is 7.94. The monoisotopic (exact) mass is 326 g/mol. The topological polar surface area (TPSA) is 92.1 Å². The van der Waals surface area contributed by atoms with E-state index in [1.54, 1.807) is 25.3 Å². The van der Waals surface area contributed by atoms with Gasteiger partial charge in [0.25, 0.3) is 0 Å². The van der Waals surface area contributed by atoms with Gasteiger partial charge in [-0.15, -0.1) is 0 Å². The Morgan fingerprint density at radius 1 is 1.50 bits per heavy atom. The lowest BCUT2D eigenvalue weighted by Gasteiger charge is -2.16. The van der Waals surface area contributed by atoms with Crippen LogP contribution in [0.15, 0.2) is 23.3 Å². The molecule has 0 aliphatic carbocycles. The van der Waals surface area contributed by atoms with Crippen molar-refractivity contribution in [1.82, 2.24) is 15.1 Å². The summed E-state index contributed by atoms with van der Waals surface area (Å²) in [7, 11) is -1.24. The van der Waals surface area contributed by atoms with Gasteiger partial charge < -0.3 is 10.6 Å². The second-order valence-electron chi connectivity index (χ2n) is 5.28. The van der Waals surface area contributed by atoms with Crippen molar-refractivity contribution in [3.63, 3.8) is 0 Å². The maximum Gasteiger partial charge on any atom is 0.175 e. The lowest BCUT2D eigenvalue weighted by molar-refractivity contribution is 0.336. The Balaban J connectivity index is 3.14. The number of sulfone groups is 1. The van der Waals surface area contributed by atoms with Crippen molar-refractivity contribution in [2.75, 3.05) is 26.4 Å². The van der Waals surface area contributed by atoms with E-state index in [1.165, 1.54) is 6.26 Å². The lowest BCUT2D eigenvalue weighted by atomic mass is 10.1.